The SMILES string of the molecule is N#CCc1c2n(c3ccccc13)CCCC2. The molecule has 2 heteroatoms. The Balaban J connectivity index is 2.33. The second-order valence-electron chi connectivity index (χ2n) is 4.39. The van der Waals surface area contributed by atoms with Gasteiger partial charge in [0.1, 0.15) is 0 Å². The summed E-state index contributed by atoms with van der Waals surface area (Å²) in [5, 5.41) is 10.2. The number of para-hydroxylation sites is 1. The van der Waals surface area contributed by atoms with Gasteiger partial charge in [0.15, 0.2) is 0 Å². The third kappa shape index (κ3) is 1.25. The van der Waals surface area contributed by atoms with Crippen molar-refractivity contribution in [2.24, 2.45) is 0 Å². The number of hydrogen-bond donors (Lipinski definition) is 0. The number of nitriles is 1. The van der Waals surface area contributed by atoms with Crippen molar-refractivity contribution in [1.82, 2.24) is 4.57 Å². The molecule has 0 spiro atoms. The molecule has 0 saturated carbocycles. The normalized spacial score (nSPS) is 14.7. The summed E-state index contributed by atoms with van der Waals surface area (Å²) in [6.07, 6.45) is 4.20. The molecule has 80 valence electrons. The largest absolute Gasteiger partial charge is 0.344 e. The Hall–Kier alpha value is -1.75. The molecule has 0 amide bonds. The Morgan fingerprint density at radius 2 is 2.12 bits per heavy atom. The predicted octanol–water partition coefficient (Wildman–Crippen LogP) is 3.04. The van der Waals surface area contributed by atoms with E-state index < -0.39 is 0 Å². The average molecular weight is 210 g/mol. The highest BCUT2D eigenvalue weighted by Crippen LogP contribution is 2.30. The lowest BCUT2D eigenvalue weighted by molar-refractivity contribution is 0.542. The molecule has 0 aliphatic carbocycles. The van der Waals surface area contributed by atoms with Crippen molar-refractivity contribution in [2.45, 2.75) is 32.2 Å². The Labute approximate surface area is 95.1 Å². The summed E-state index contributed by atoms with van der Waals surface area (Å²) in [4.78, 5) is 0. The number of nitrogens with zero attached hydrogens (tertiary/aromatic N) is 2. The van der Waals surface area contributed by atoms with Crippen molar-refractivity contribution in [3.63, 3.8) is 0 Å². The van der Waals surface area contributed by atoms with Crippen LogP contribution < -0.4 is 0 Å². The van der Waals surface area contributed by atoms with E-state index in [4.69, 9.17) is 5.26 Å². The summed E-state index contributed by atoms with van der Waals surface area (Å²) in [5.74, 6) is 0. The lowest BCUT2D eigenvalue weighted by atomic mass is 10.0. The van der Waals surface area contributed by atoms with E-state index in [9.17, 15) is 0 Å². The van der Waals surface area contributed by atoms with E-state index in [2.05, 4.69) is 34.9 Å². The second-order valence-corrected chi connectivity index (χ2v) is 4.39. The molecular formula is C14H14N2. The second kappa shape index (κ2) is 3.68. The van der Waals surface area contributed by atoms with E-state index in [-0.39, 0.29) is 0 Å². The summed E-state index contributed by atoms with van der Waals surface area (Å²) in [6, 6.07) is 10.8. The first-order valence-corrected chi connectivity index (χ1v) is 5.88. The fourth-order valence-electron chi connectivity index (χ4n) is 2.81. The van der Waals surface area contributed by atoms with E-state index >= 15 is 0 Å². The summed E-state index contributed by atoms with van der Waals surface area (Å²) in [5.41, 5.74) is 3.97. The summed E-state index contributed by atoms with van der Waals surface area (Å²) >= 11 is 0. The quantitative estimate of drug-likeness (QED) is 0.711. The van der Waals surface area contributed by atoms with Gasteiger partial charge in [-0.1, -0.05) is 18.2 Å². The topological polar surface area (TPSA) is 28.7 Å². The molecule has 0 unspecified atom stereocenters. The van der Waals surface area contributed by atoms with Crippen molar-refractivity contribution in [3.8, 4) is 6.07 Å². The highest BCUT2D eigenvalue weighted by Gasteiger charge is 2.18. The maximum atomic E-state index is 8.94. The fraction of sp³-hybridized carbons (Fsp3) is 0.357. The van der Waals surface area contributed by atoms with Gasteiger partial charge in [0.25, 0.3) is 0 Å². The molecule has 1 aromatic carbocycles. The third-order valence-corrected chi connectivity index (χ3v) is 3.50. The van der Waals surface area contributed by atoms with Crippen molar-refractivity contribution < 1.29 is 0 Å². The Bertz CT molecular complexity index is 572. The minimum absolute atomic E-state index is 0.544. The van der Waals surface area contributed by atoms with Gasteiger partial charge in [0.2, 0.25) is 0 Å². The molecular weight excluding hydrogens is 196 g/mol. The van der Waals surface area contributed by atoms with Crippen molar-refractivity contribution >= 4 is 10.9 Å². The van der Waals surface area contributed by atoms with Crippen molar-refractivity contribution in [1.29, 1.82) is 5.26 Å². The van der Waals surface area contributed by atoms with Gasteiger partial charge in [-0.3, -0.25) is 0 Å². The molecule has 0 N–H and O–H groups in total. The van der Waals surface area contributed by atoms with Crippen LogP contribution in [-0.4, -0.2) is 4.57 Å². The Morgan fingerprint density at radius 1 is 1.25 bits per heavy atom. The molecule has 2 heterocycles. The molecule has 2 nitrogen and oxygen atoms in total. The van der Waals surface area contributed by atoms with Crippen LogP contribution in [0, 0.1) is 11.3 Å². The number of fused-ring (bicyclic) bond motifs is 3. The van der Waals surface area contributed by atoms with Crippen LogP contribution in [0.1, 0.15) is 24.1 Å². The zero-order valence-electron chi connectivity index (χ0n) is 9.24. The molecule has 1 aromatic heterocycles. The minimum atomic E-state index is 0.544. The standard InChI is InChI=1S/C14H14N2/c15-9-8-12-11-5-1-2-6-13(11)16-10-4-3-7-14(12)16/h1-2,5-6H,3-4,7-8,10H2. The average Bonchev–Trinajstić information content (AvgIpc) is 2.66. The van der Waals surface area contributed by atoms with Gasteiger partial charge < -0.3 is 4.57 Å². The Kier molecular flexibility index (Phi) is 2.18. The third-order valence-electron chi connectivity index (χ3n) is 3.50. The Morgan fingerprint density at radius 3 is 3.00 bits per heavy atom. The summed E-state index contributed by atoms with van der Waals surface area (Å²) < 4.78 is 2.41. The number of hydrogen-bond acceptors (Lipinski definition) is 1. The maximum absolute atomic E-state index is 8.94. The number of aromatic nitrogens is 1. The molecule has 0 saturated heterocycles. The van der Waals surface area contributed by atoms with Crippen LogP contribution in [0.5, 0.6) is 0 Å². The van der Waals surface area contributed by atoms with Crippen molar-refractivity contribution in [3.05, 3.63) is 35.5 Å². The zero-order valence-corrected chi connectivity index (χ0v) is 9.24. The minimum Gasteiger partial charge on any atom is -0.344 e. The molecule has 0 bridgehead atoms. The first-order valence-electron chi connectivity index (χ1n) is 5.88. The predicted molar refractivity (Wildman–Crippen MR) is 64.2 cm³/mol. The van der Waals surface area contributed by atoms with Crippen LogP contribution in [0.2, 0.25) is 0 Å². The maximum Gasteiger partial charge on any atom is 0.0670 e. The monoisotopic (exact) mass is 210 g/mol. The molecule has 0 atom stereocenters. The highest BCUT2D eigenvalue weighted by molar-refractivity contribution is 5.86. The number of aryl methyl sites for hydroxylation is 1. The van der Waals surface area contributed by atoms with Crippen LogP contribution in [0.25, 0.3) is 10.9 Å². The number of benzene rings is 1. The summed E-state index contributed by atoms with van der Waals surface area (Å²) in [6.45, 7) is 1.11. The van der Waals surface area contributed by atoms with Gasteiger partial charge >= 0.3 is 0 Å². The first-order chi connectivity index (χ1) is 7.92. The van der Waals surface area contributed by atoms with Gasteiger partial charge in [0, 0.05) is 23.1 Å². The molecule has 0 fully saturated rings. The van der Waals surface area contributed by atoms with Crippen LogP contribution >= 0.6 is 0 Å². The van der Waals surface area contributed by atoms with E-state index in [1.807, 2.05) is 0 Å². The molecule has 1 aliphatic rings. The van der Waals surface area contributed by atoms with Crippen LogP contribution in [0.15, 0.2) is 24.3 Å². The fourth-order valence-corrected chi connectivity index (χ4v) is 2.81. The van der Waals surface area contributed by atoms with Gasteiger partial charge in [-0.15, -0.1) is 0 Å². The molecule has 16 heavy (non-hydrogen) atoms. The van der Waals surface area contributed by atoms with Crippen LogP contribution in [0.4, 0.5) is 0 Å². The van der Waals surface area contributed by atoms with E-state index in [1.54, 1.807) is 0 Å². The lowest BCUT2D eigenvalue weighted by Crippen LogP contribution is -2.10. The zero-order chi connectivity index (χ0) is 11.0. The van der Waals surface area contributed by atoms with Crippen LogP contribution in [-0.2, 0) is 19.4 Å². The first kappa shape index (κ1) is 9.47. The van der Waals surface area contributed by atoms with Gasteiger partial charge in [0.05, 0.1) is 12.5 Å². The van der Waals surface area contributed by atoms with Gasteiger partial charge in [-0.2, -0.15) is 5.26 Å². The smallest absolute Gasteiger partial charge is 0.0670 e. The van der Waals surface area contributed by atoms with E-state index in [1.165, 1.54) is 35.0 Å². The summed E-state index contributed by atoms with van der Waals surface area (Å²) in [7, 11) is 0. The lowest BCUT2D eigenvalue weighted by Gasteiger charge is -2.16. The van der Waals surface area contributed by atoms with E-state index in [0.717, 1.165) is 13.0 Å². The van der Waals surface area contributed by atoms with Crippen molar-refractivity contribution in [2.75, 3.05) is 0 Å². The molecule has 0 radical (unpaired) electrons. The highest BCUT2D eigenvalue weighted by atomic mass is 15.0. The number of rotatable bonds is 1. The molecule has 1 aliphatic heterocycles. The van der Waals surface area contributed by atoms with Gasteiger partial charge in [-0.25, -0.2) is 0 Å². The van der Waals surface area contributed by atoms with Gasteiger partial charge in [-0.05, 0) is 30.9 Å². The molecule has 2 aromatic rings. The molecule has 3 rings (SSSR count). The van der Waals surface area contributed by atoms with Crippen LogP contribution in [0.3, 0.4) is 0 Å². The van der Waals surface area contributed by atoms with E-state index in [0.29, 0.717) is 6.42 Å².